The van der Waals surface area contributed by atoms with Gasteiger partial charge in [-0.15, -0.1) is 0 Å². The average molecular weight is 252 g/mol. The smallest absolute Gasteiger partial charge is 0.0466 e. The molecular formula is C10H24F4O2. The van der Waals surface area contributed by atoms with Crippen LogP contribution in [0.3, 0.4) is 0 Å². The average Bonchev–Trinajstić information content (AvgIpc) is 2.24. The highest BCUT2D eigenvalue weighted by molar-refractivity contribution is 4.45. The fourth-order valence-electron chi connectivity index (χ4n) is 1.37. The first kappa shape index (κ1) is 24.7. The van der Waals surface area contributed by atoms with Crippen LogP contribution in [0.5, 0.6) is 0 Å². The van der Waals surface area contributed by atoms with Crippen molar-refractivity contribution in [3.8, 4) is 0 Å². The molecular weight excluding hydrogens is 228 g/mol. The minimum atomic E-state index is 0. The zero-order chi connectivity index (χ0) is 8.49. The van der Waals surface area contributed by atoms with Gasteiger partial charge in [-0.1, -0.05) is 0 Å². The summed E-state index contributed by atoms with van der Waals surface area (Å²) in [4.78, 5) is 0. The van der Waals surface area contributed by atoms with E-state index in [9.17, 15) is 0 Å². The lowest BCUT2D eigenvalue weighted by atomic mass is 10.2. The van der Waals surface area contributed by atoms with Gasteiger partial charge < -0.3 is 9.47 Å². The summed E-state index contributed by atoms with van der Waals surface area (Å²) in [6, 6.07) is 0. The van der Waals surface area contributed by atoms with E-state index in [1.807, 2.05) is 0 Å². The number of hydrogen-bond acceptors (Lipinski definition) is 2. The molecule has 2 aliphatic heterocycles. The van der Waals surface area contributed by atoms with E-state index in [-0.39, 0.29) is 18.8 Å². The van der Waals surface area contributed by atoms with E-state index in [1.54, 1.807) is 0 Å². The van der Waals surface area contributed by atoms with Gasteiger partial charge in [0.2, 0.25) is 0 Å². The first-order valence-electron chi connectivity index (χ1n) is 5.15. The van der Waals surface area contributed by atoms with Crippen LogP contribution >= 0.6 is 0 Å². The van der Waals surface area contributed by atoms with Crippen molar-refractivity contribution in [2.45, 2.75) is 38.5 Å². The van der Waals surface area contributed by atoms with Gasteiger partial charge >= 0.3 is 0 Å². The Hall–Kier alpha value is -0.360. The van der Waals surface area contributed by atoms with E-state index in [0.717, 1.165) is 26.4 Å². The summed E-state index contributed by atoms with van der Waals surface area (Å²) in [5.74, 6) is 0. The molecule has 0 saturated carbocycles. The highest BCUT2D eigenvalue weighted by Gasteiger charge is 1.95. The topological polar surface area (TPSA) is 18.5 Å². The van der Waals surface area contributed by atoms with Crippen LogP contribution in [0.4, 0.5) is 18.8 Å². The first-order valence-corrected chi connectivity index (χ1v) is 5.15. The number of halogens is 4. The normalized spacial score (nSPS) is 18.0. The number of rotatable bonds is 0. The lowest BCUT2D eigenvalue weighted by Crippen LogP contribution is -2.03. The standard InChI is InChI=1S/2C5H10O.4FH/c2*1-2-4-6-5-3-1;;;;/h2*1-5H2;4*1H. The fraction of sp³-hybridized carbons (Fsp3) is 1.00. The van der Waals surface area contributed by atoms with Crippen molar-refractivity contribution >= 4 is 0 Å². The second-order valence-corrected chi connectivity index (χ2v) is 3.35. The second-order valence-electron chi connectivity index (χ2n) is 3.35. The molecule has 16 heavy (non-hydrogen) atoms. The molecule has 2 aliphatic rings. The highest BCUT2D eigenvalue weighted by atomic mass is 19.0. The van der Waals surface area contributed by atoms with Crippen LogP contribution in [0.1, 0.15) is 38.5 Å². The van der Waals surface area contributed by atoms with Crippen LogP contribution in [-0.4, -0.2) is 26.4 Å². The van der Waals surface area contributed by atoms with E-state index in [2.05, 4.69) is 0 Å². The largest absolute Gasteiger partial charge is 0.381 e. The lowest BCUT2D eigenvalue weighted by Gasteiger charge is -2.08. The third-order valence-corrected chi connectivity index (χ3v) is 2.15. The Bertz CT molecular complexity index is 63.8. The van der Waals surface area contributed by atoms with Crippen molar-refractivity contribution in [1.82, 2.24) is 0 Å². The molecule has 0 N–H and O–H groups in total. The molecule has 2 nitrogen and oxygen atoms in total. The molecule has 0 aromatic carbocycles. The molecule has 0 bridgehead atoms. The Kier molecular flexibility index (Phi) is 31.1. The van der Waals surface area contributed by atoms with Gasteiger partial charge in [-0.25, -0.2) is 0 Å². The number of ether oxygens (including phenoxy) is 2. The summed E-state index contributed by atoms with van der Waals surface area (Å²) in [5, 5.41) is 0. The van der Waals surface area contributed by atoms with Crippen molar-refractivity contribution in [2.75, 3.05) is 26.4 Å². The van der Waals surface area contributed by atoms with Crippen molar-refractivity contribution < 1.29 is 28.3 Å². The van der Waals surface area contributed by atoms with Crippen LogP contribution in [0.2, 0.25) is 0 Å². The Balaban J connectivity index is -0.0000000720. The minimum absolute atomic E-state index is 0. The molecule has 0 spiro atoms. The van der Waals surface area contributed by atoms with Crippen molar-refractivity contribution in [3.63, 3.8) is 0 Å². The summed E-state index contributed by atoms with van der Waals surface area (Å²) < 4.78 is 10.1. The molecule has 0 amide bonds. The Morgan fingerprint density at radius 2 is 0.625 bits per heavy atom. The van der Waals surface area contributed by atoms with Crippen LogP contribution in [0, 0.1) is 0 Å². The molecule has 0 radical (unpaired) electrons. The predicted molar refractivity (Wildman–Crippen MR) is 59.4 cm³/mol. The van der Waals surface area contributed by atoms with Crippen LogP contribution < -0.4 is 0 Å². The van der Waals surface area contributed by atoms with Gasteiger partial charge in [0.1, 0.15) is 0 Å². The van der Waals surface area contributed by atoms with E-state index in [4.69, 9.17) is 9.47 Å². The zero-order valence-corrected chi connectivity index (χ0v) is 9.52. The summed E-state index contributed by atoms with van der Waals surface area (Å²) >= 11 is 0. The molecule has 6 heteroatoms. The van der Waals surface area contributed by atoms with Gasteiger partial charge in [-0.3, -0.25) is 18.8 Å². The van der Waals surface area contributed by atoms with Gasteiger partial charge in [-0.05, 0) is 38.5 Å². The van der Waals surface area contributed by atoms with Crippen molar-refractivity contribution in [2.24, 2.45) is 0 Å². The molecule has 2 rings (SSSR count). The Morgan fingerprint density at radius 1 is 0.375 bits per heavy atom. The second kappa shape index (κ2) is 20.1. The summed E-state index contributed by atoms with van der Waals surface area (Å²) in [6.07, 6.45) is 7.86. The van der Waals surface area contributed by atoms with Crippen molar-refractivity contribution in [3.05, 3.63) is 0 Å². The Morgan fingerprint density at radius 3 is 0.688 bits per heavy atom. The first-order chi connectivity index (χ1) is 6.00. The van der Waals surface area contributed by atoms with Gasteiger partial charge in [0.05, 0.1) is 0 Å². The monoisotopic (exact) mass is 252 g/mol. The summed E-state index contributed by atoms with van der Waals surface area (Å²) in [7, 11) is 0. The molecule has 2 fully saturated rings. The molecule has 0 atom stereocenters. The molecule has 0 aliphatic carbocycles. The summed E-state index contributed by atoms with van der Waals surface area (Å²) in [6.45, 7) is 4.00. The zero-order valence-electron chi connectivity index (χ0n) is 9.52. The molecule has 104 valence electrons. The molecule has 0 aromatic heterocycles. The highest BCUT2D eigenvalue weighted by Crippen LogP contribution is 2.02. The third-order valence-electron chi connectivity index (χ3n) is 2.15. The molecule has 2 saturated heterocycles. The van der Waals surface area contributed by atoms with Gasteiger partial charge in [-0.2, -0.15) is 0 Å². The molecule has 0 unspecified atom stereocenters. The summed E-state index contributed by atoms with van der Waals surface area (Å²) in [5.41, 5.74) is 0. The van der Waals surface area contributed by atoms with E-state index >= 15 is 0 Å². The lowest BCUT2D eigenvalue weighted by molar-refractivity contribution is 0.0967. The van der Waals surface area contributed by atoms with Crippen molar-refractivity contribution in [1.29, 1.82) is 0 Å². The third kappa shape index (κ3) is 16.1. The maximum atomic E-state index is 5.07. The van der Waals surface area contributed by atoms with E-state index < -0.39 is 0 Å². The SMILES string of the molecule is C1CCOCC1.C1CCOCC1.F.F.F.F. The Labute approximate surface area is 94.2 Å². The quantitative estimate of drug-likeness (QED) is 0.617. The predicted octanol–water partition coefficient (Wildman–Crippen LogP) is 2.98. The minimum Gasteiger partial charge on any atom is -0.381 e. The fourth-order valence-corrected chi connectivity index (χ4v) is 1.37. The maximum Gasteiger partial charge on any atom is 0.0466 e. The molecule has 0 aromatic rings. The van der Waals surface area contributed by atoms with Crippen LogP contribution in [0.15, 0.2) is 0 Å². The van der Waals surface area contributed by atoms with E-state index in [0.29, 0.717) is 0 Å². The van der Waals surface area contributed by atoms with Gasteiger partial charge in [0.15, 0.2) is 0 Å². The number of hydrogen-bond donors (Lipinski definition) is 0. The van der Waals surface area contributed by atoms with E-state index in [1.165, 1.54) is 38.5 Å². The van der Waals surface area contributed by atoms with Gasteiger partial charge in [0.25, 0.3) is 0 Å². The molecule has 2 heterocycles. The van der Waals surface area contributed by atoms with Crippen LogP contribution in [-0.2, 0) is 9.47 Å². The van der Waals surface area contributed by atoms with Gasteiger partial charge in [0, 0.05) is 26.4 Å². The maximum absolute atomic E-state index is 5.07. The van der Waals surface area contributed by atoms with Crippen LogP contribution in [0.25, 0.3) is 0 Å².